The van der Waals surface area contributed by atoms with Gasteiger partial charge in [-0.25, -0.2) is 9.79 Å². The maximum atomic E-state index is 12.1. The molecule has 1 rings (SSSR count). The molecule has 1 aliphatic heterocycles. The maximum Gasteiger partial charge on any atom is 0.408 e. The molecule has 0 fully saturated rings. The van der Waals surface area contributed by atoms with Crippen LogP contribution in [-0.4, -0.2) is 36.3 Å². The third-order valence-corrected chi connectivity index (χ3v) is 3.56. The van der Waals surface area contributed by atoms with Crippen molar-refractivity contribution in [1.29, 1.82) is 0 Å². The van der Waals surface area contributed by atoms with Gasteiger partial charge >= 0.3 is 6.09 Å². The lowest BCUT2D eigenvalue weighted by Gasteiger charge is -2.25. The summed E-state index contributed by atoms with van der Waals surface area (Å²) in [7, 11) is 0. The second kappa shape index (κ2) is 8.90. The summed E-state index contributed by atoms with van der Waals surface area (Å²) in [6.07, 6.45) is 6.59. The van der Waals surface area contributed by atoms with Gasteiger partial charge in [-0.1, -0.05) is 37.6 Å². The van der Waals surface area contributed by atoms with E-state index in [9.17, 15) is 4.79 Å². The van der Waals surface area contributed by atoms with Crippen LogP contribution in [0.25, 0.3) is 0 Å². The van der Waals surface area contributed by atoms with Crippen LogP contribution in [0.15, 0.2) is 28.8 Å². The number of allylic oxidation sites excluding steroid dienone is 3. The van der Waals surface area contributed by atoms with Gasteiger partial charge in [-0.15, -0.1) is 0 Å². The Morgan fingerprint density at radius 1 is 1.42 bits per heavy atom. The van der Waals surface area contributed by atoms with Crippen molar-refractivity contribution in [2.45, 2.75) is 72.6 Å². The average Bonchev–Trinajstić information content (AvgIpc) is 2.90. The van der Waals surface area contributed by atoms with E-state index in [0.29, 0.717) is 12.5 Å². The van der Waals surface area contributed by atoms with Crippen molar-refractivity contribution < 1.29 is 14.3 Å². The monoisotopic (exact) mass is 336 g/mol. The number of hydrogen-bond acceptors (Lipinski definition) is 4. The summed E-state index contributed by atoms with van der Waals surface area (Å²) in [6.45, 7) is 14.2. The number of nitrogens with zero attached hydrogens (tertiary/aromatic N) is 1. The Labute approximate surface area is 146 Å². The van der Waals surface area contributed by atoms with Gasteiger partial charge in [0.15, 0.2) is 0 Å². The second-order valence-corrected chi connectivity index (χ2v) is 7.37. The summed E-state index contributed by atoms with van der Waals surface area (Å²) >= 11 is 0. The summed E-state index contributed by atoms with van der Waals surface area (Å²) in [5.74, 6) is 0.753. The van der Waals surface area contributed by atoms with Crippen LogP contribution in [0.5, 0.6) is 0 Å². The smallest absolute Gasteiger partial charge is 0.408 e. The predicted octanol–water partition coefficient (Wildman–Crippen LogP) is 4.25. The molecule has 1 aliphatic rings. The highest BCUT2D eigenvalue weighted by Gasteiger charge is 2.31. The van der Waals surface area contributed by atoms with E-state index in [4.69, 9.17) is 9.47 Å². The van der Waals surface area contributed by atoms with Gasteiger partial charge in [0.25, 0.3) is 0 Å². The number of nitrogens with one attached hydrogen (secondary N) is 1. The number of ether oxygens (including phenoxy) is 2. The maximum absolute atomic E-state index is 12.1. The normalized spacial score (nSPS) is 20.1. The summed E-state index contributed by atoms with van der Waals surface area (Å²) in [5.41, 5.74) is 0.706. The van der Waals surface area contributed by atoms with Crippen LogP contribution in [0.2, 0.25) is 0 Å². The molecule has 0 aromatic carbocycles. The van der Waals surface area contributed by atoms with E-state index in [1.807, 2.05) is 54.5 Å². The zero-order valence-electron chi connectivity index (χ0n) is 16.1. The Hall–Kier alpha value is -1.78. The van der Waals surface area contributed by atoms with E-state index < -0.39 is 11.7 Å². The van der Waals surface area contributed by atoms with Crippen LogP contribution in [0.3, 0.4) is 0 Å². The van der Waals surface area contributed by atoms with Gasteiger partial charge in [-0.3, -0.25) is 0 Å². The first-order valence-electron chi connectivity index (χ1n) is 8.64. The van der Waals surface area contributed by atoms with Gasteiger partial charge in [0.2, 0.25) is 5.90 Å². The zero-order valence-corrected chi connectivity index (χ0v) is 16.1. The number of amides is 1. The van der Waals surface area contributed by atoms with Crippen molar-refractivity contribution in [3.63, 3.8) is 0 Å². The molecule has 0 aromatic heterocycles. The molecule has 0 spiro atoms. The molecule has 2 atom stereocenters. The molecule has 1 heterocycles. The Bertz CT molecular complexity index is 513. The van der Waals surface area contributed by atoms with Crippen LogP contribution in [-0.2, 0) is 9.47 Å². The number of carbonyl (C=O) groups excluding carboxylic acids is 1. The number of aliphatic imine (C=N–C) groups is 1. The quantitative estimate of drug-likeness (QED) is 0.738. The Balaban J connectivity index is 2.76. The first kappa shape index (κ1) is 20.3. The highest BCUT2D eigenvalue weighted by Crippen LogP contribution is 2.19. The minimum Gasteiger partial charge on any atom is -0.477 e. The van der Waals surface area contributed by atoms with Crippen LogP contribution < -0.4 is 5.32 Å². The van der Waals surface area contributed by atoms with Crippen molar-refractivity contribution in [3.8, 4) is 0 Å². The minimum atomic E-state index is -0.528. The summed E-state index contributed by atoms with van der Waals surface area (Å²) in [4.78, 5) is 16.7. The molecule has 0 radical (unpaired) electrons. The van der Waals surface area contributed by atoms with Crippen molar-refractivity contribution in [1.82, 2.24) is 5.32 Å². The third-order valence-electron chi connectivity index (χ3n) is 3.56. The number of rotatable bonds is 6. The first-order valence-corrected chi connectivity index (χ1v) is 8.64. The van der Waals surface area contributed by atoms with E-state index in [-0.39, 0.29) is 18.0 Å². The summed E-state index contributed by atoms with van der Waals surface area (Å²) in [6, 6.07) is -0.190. The summed E-state index contributed by atoms with van der Waals surface area (Å²) in [5, 5.41) is 2.88. The molecule has 0 aromatic rings. The molecular formula is C19H32N2O3. The lowest BCUT2D eigenvalue weighted by atomic mass is 10.0. The van der Waals surface area contributed by atoms with Gasteiger partial charge in [-0.2, -0.15) is 0 Å². The van der Waals surface area contributed by atoms with E-state index in [2.05, 4.69) is 22.5 Å². The molecule has 1 amide bonds. The Kier molecular flexibility index (Phi) is 7.52. The highest BCUT2D eigenvalue weighted by atomic mass is 16.6. The van der Waals surface area contributed by atoms with Crippen molar-refractivity contribution in [3.05, 3.63) is 23.8 Å². The van der Waals surface area contributed by atoms with Gasteiger partial charge in [0, 0.05) is 0 Å². The molecule has 0 aliphatic carbocycles. The molecule has 24 heavy (non-hydrogen) atoms. The summed E-state index contributed by atoms with van der Waals surface area (Å²) < 4.78 is 11.1. The number of carbonyl (C=O) groups is 1. The Morgan fingerprint density at radius 2 is 2.08 bits per heavy atom. The van der Waals surface area contributed by atoms with Crippen LogP contribution >= 0.6 is 0 Å². The van der Waals surface area contributed by atoms with Crippen molar-refractivity contribution in [2.24, 2.45) is 10.9 Å². The van der Waals surface area contributed by atoms with Crippen molar-refractivity contribution in [2.75, 3.05) is 6.61 Å². The Morgan fingerprint density at radius 3 is 2.58 bits per heavy atom. The minimum absolute atomic E-state index is 0.0871. The van der Waals surface area contributed by atoms with Gasteiger partial charge in [0.05, 0.1) is 6.04 Å². The standard InChI is InChI=1S/C19H32N2O3/c1-8-10-14(9-2)11-15-12-23-17(20-15)16(13(3)4)21-18(22)24-19(5,6)7/h8-10,13,15-16H,11-12H2,1-7H3,(H,21,22)/b10-8-,14-9+/t15-,16?/m0/s1. The molecular weight excluding hydrogens is 304 g/mol. The fourth-order valence-electron chi connectivity index (χ4n) is 2.43. The third kappa shape index (κ3) is 6.77. The highest BCUT2D eigenvalue weighted by molar-refractivity contribution is 5.87. The largest absolute Gasteiger partial charge is 0.477 e. The van der Waals surface area contributed by atoms with Gasteiger partial charge < -0.3 is 14.8 Å². The zero-order chi connectivity index (χ0) is 18.3. The molecule has 0 saturated carbocycles. The van der Waals surface area contributed by atoms with Crippen LogP contribution in [0.4, 0.5) is 4.79 Å². The van der Waals surface area contributed by atoms with Crippen LogP contribution in [0.1, 0.15) is 54.9 Å². The van der Waals surface area contributed by atoms with Crippen molar-refractivity contribution >= 4 is 12.0 Å². The molecule has 1 N–H and O–H groups in total. The van der Waals surface area contributed by atoms with E-state index in [1.54, 1.807) is 0 Å². The topological polar surface area (TPSA) is 59.9 Å². The van der Waals surface area contributed by atoms with Gasteiger partial charge in [0.1, 0.15) is 18.2 Å². The average molecular weight is 336 g/mol. The lowest BCUT2D eigenvalue weighted by molar-refractivity contribution is 0.0502. The SMILES string of the molecule is C/C=C\C(=C/C)C[C@H]1COC(C(NC(=O)OC(C)(C)C)C(C)C)=N1. The van der Waals surface area contributed by atoms with E-state index in [1.165, 1.54) is 5.57 Å². The van der Waals surface area contributed by atoms with Gasteiger partial charge in [-0.05, 0) is 47.0 Å². The molecule has 5 nitrogen and oxygen atoms in total. The molecule has 5 heteroatoms. The first-order chi connectivity index (χ1) is 11.2. The van der Waals surface area contributed by atoms with E-state index in [0.717, 1.165) is 6.42 Å². The lowest BCUT2D eigenvalue weighted by Crippen LogP contribution is -2.46. The molecule has 1 unspecified atom stereocenters. The van der Waals surface area contributed by atoms with Crippen LogP contribution in [0, 0.1) is 5.92 Å². The predicted molar refractivity (Wildman–Crippen MR) is 98.4 cm³/mol. The fraction of sp³-hybridized carbons (Fsp3) is 0.684. The fourth-order valence-corrected chi connectivity index (χ4v) is 2.43. The number of hydrogen-bond donors (Lipinski definition) is 1. The number of alkyl carbamates (subject to hydrolysis) is 1. The van der Waals surface area contributed by atoms with E-state index >= 15 is 0 Å². The molecule has 0 bridgehead atoms. The second-order valence-electron chi connectivity index (χ2n) is 7.37. The molecule has 0 saturated heterocycles. The molecule has 136 valence electrons.